The molecule has 7 heteroatoms. The highest BCUT2D eigenvalue weighted by Gasteiger charge is 2.40. The van der Waals surface area contributed by atoms with Gasteiger partial charge in [0.15, 0.2) is 0 Å². The van der Waals surface area contributed by atoms with E-state index in [9.17, 15) is 18.0 Å². The maximum Gasteiger partial charge on any atom is 0.349 e. The van der Waals surface area contributed by atoms with Gasteiger partial charge in [-0.3, -0.25) is 4.79 Å². The van der Waals surface area contributed by atoms with Gasteiger partial charge < -0.3 is 10.6 Å². The van der Waals surface area contributed by atoms with Crippen LogP contribution in [0.4, 0.5) is 13.2 Å². The lowest BCUT2D eigenvalue weighted by atomic mass is 10.1. The fraction of sp³-hybridized carbons (Fsp3) is 0.417. The molecule has 0 heterocycles. The van der Waals surface area contributed by atoms with E-state index in [1.807, 2.05) is 0 Å². The molecule has 19 heavy (non-hydrogen) atoms. The van der Waals surface area contributed by atoms with E-state index in [4.69, 9.17) is 0 Å². The molecule has 0 bridgehead atoms. The molecule has 0 saturated carbocycles. The van der Waals surface area contributed by atoms with Gasteiger partial charge in [-0.1, -0.05) is 0 Å². The van der Waals surface area contributed by atoms with E-state index < -0.39 is 23.2 Å². The van der Waals surface area contributed by atoms with Crippen molar-refractivity contribution in [2.45, 2.75) is 18.9 Å². The van der Waals surface area contributed by atoms with Gasteiger partial charge >= 0.3 is 5.92 Å². The second-order valence-corrected chi connectivity index (χ2v) is 3.98. The van der Waals surface area contributed by atoms with Gasteiger partial charge in [-0.2, -0.15) is 8.78 Å². The van der Waals surface area contributed by atoms with E-state index in [0.717, 1.165) is 24.3 Å². The average Bonchev–Trinajstić information content (AvgIpc) is 2.35. The van der Waals surface area contributed by atoms with Crippen molar-refractivity contribution in [3.63, 3.8) is 0 Å². The summed E-state index contributed by atoms with van der Waals surface area (Å²) < 4.78 is 40.0. The van der Waals surface area contributed by atoms with Crippen LogP contribution in [-0.2, 0) is 10.7 Å². The number of halogens is 4. The zero-order valence-corrected chi connectivity index (χ0v) is 11.4. The van der Waals surface area contributed by atoms with Gasteiger partial charge in [0.05, 0.1) is 0 Å². The first-order valence-corrected chi connectivity index (χ1v) is 5.47. The molecule has 0 spiro atoms. The number of alkyl halides is 2. The van der Waals surface area contributed by atoms with Crippen molar-refractivity contribution >= 4 is 18.3 Å². The lowest BCUT2D eigenvalue weighted by Gasteiger charge is -2.18. The SMILES string of the molecule is CNC(C)CNC(=O)C(F)(F)c1ccc(F)cc1.Cl. The van der Waals surface area contributed by atoms with Crippen LogP contribution in [0, 0.1) is 5.82 Å². The van der Waals surface area contributed by atoms with Gasteiger partial charge in [-0.05, 0) is 38.2 Å². The van der Waals surface area contributed by atoms with Crippen molar-refractivity contribution in [1.29, 1.82) is 0 Å². The maximum absolute atomic E-state index is 13.7. The third-order valence-electron chi connectivity index (χ3n) is 2.55. The molecule has 1 amide bonds. The summed E-state index contributed by atoms with van der Waals surface area (Å²) in [5.41, 5.74) is -0.529. The number of likely N-dealkylation sites (N-methyl/N-ethyl adjacent to an activating group) is 1. The Morgan fingerprint density at radius 2 is 1.84 bits per heavy atom. The Morgan fingerprint density at radius 1 is 1.32 bits per heavy atom. The highest BCUT2D eigenvalue weighted by molar-refractivity contribution is 5.85. The van der Waals surface area contributed by atoms with Crippen molar-refractivity contribution in [2.24, 2.45) is 0 Å². The number of carbonyl (C=O) groups excluding carboxylic acids is 1. The molecule has 108 valence electrons. The third-order valence-corrected chi connectivity index (χ3v) is 2.55. The number of carbonyl (C=O) groups is 1. The Hall–Kier alpha value is -1.27. The molecular formula is C12H16ClF3N2O. The van der Waals surface area contributed by atoms with Gasteiger partial charge in [-0.25, -0.2) is 4.39 Å². The second kappa shape index (κ2) is 7.35. The lowest BCUT2D eigenvalue weighted by molar-refractivity contribution is -0.147. The van der Waals surface area contributed by atoms with E-state index in [0.29, 0.717) is 0 Å². The molecule has 1 aromatic carbocycles. The zero-order chi connectivity index (χ0) is 13.8. The number of hydrogen-bond acceptors (Lipinski definition) is 2. The summed E-state index contributed by atoms with van der Waals surface area (Å²) in [5, 5.41) is 4.95. The van der Waals surface area contributed by atoms with Crippen LogP contribution in [0.1, 0.15) is 12.5 Å². The predicted molar refractivity (Wildman–Crippen MR) is 69.1 cm³/mol. The summed E-state index contributed by atoms with van der Waals surface area (Å²) >= 11 is 0. The third kappa shape index (κ3) is 4.72. The van der Waals surface area contributed by atoms with E-state index in [2.05, 4.69) is 10.6 Å². The monoisotopic (exact) mass is 296 g/mol. The first-order chi connectivity index (χ1) is 8.37. The molecule has 1 rings (SSSR count). The van der Waals surface area contributed by atoms with Gasteiger partial charge in [0.25, 0.3) is 5.91 Å². The van der Waals surface area contributed by atoms with E-state index >= 15 is 0 Å². The van der Waals surface area contributed by atoms with Crippen LogP contribution in [0.25, 0.3) is 0 Å². The van der Waals surface area contributed by atoms with Crippen LogP contribution in [0.15, 0.2) is 24.3 Å². The van der Waals surface area contributed by atoms with Crippen LogP contribution in [0.5, 0.6) is 0 Å². The Morgan fingerprint density at radius 3 is 2.32 bits per heavy atom. The molecule has 0 radical (unpaired) electrons. The van der Waals surface area contributed by atoms with Crippen molar-refractivity contribution in [3.05, 3.63) is 35.6 Å². The Bertz CT molecular complexity index is 412. The highest BCUT2D eigenvalue weighted by atomic mass is 35.5. The minimum Gasteiger partial charge on any atom is -0.349 e. The Kier molecular flexibility index (Phi) is 6.86. The summed E-state index contributed by atoms with van der Waals surface area (Å²) in [5.74, 6) is -5.68. The quantitative estimate of drug-likeness (QED) is 0.873. The molecule has 0 aliphatic heterocycles. The van der Waals surface area contributed by atoms with E-state index in [1.165, 1.54) is 0 Å². The summed E-state index contributed by atoms with van der Waals surface area (Å²) in [6.45, 7) is 1.84. The number of rotatable bonds is 5. The second-order valence-electron chi connectivity index (χ2n) is 3.98. The minimum atomic E-state index is -3.67. The Balaban J connectivity index is 0.00000324. The number of benzene rings is 1. The van der Waals surface area contributed by atoms with Crippen LogP contribution in [0.2, 0.25) is 0 Å². The van der Waals surface area contributed by atoms with Gasteiger partial charge in [0.2, 0.25) is 0 Å². The van der Waals surface area contributed by atoms with Gasteiger partial charge in [0.1, 0.15) is 5.82 Å². The number of nitrogens with one attached hydrogen (secondary N) is 2. The molecular weight excluding hydrogens is 281 g/mol. The van der Waals surface area contributed by atoms with Crippen molar-refractivity contribution in [3.8, 4) is 0 Å². The molecule has 2 N–H and O–H groups in total. The van der Waals surface area contributed by atoms with Gasteiger partial charge in [-0.15, -0.1) is 12.4 Å². The zero-order valence-electron chi connectivity index (χ0n) is 10.5. The lowest BCUT2D eigenvalue weighted by Crippen LogP contribution is -2.43. The van der Waals surface area contributed by atoms with Crippen LogP contribution in [0.3, 0.4) is 0 Å². The standard InChI is InChI=1S/C12H15F3N2O.ClH/c1-8(16-2)7-17-11(18)12(14,15)9-3-5-10(13)6-4-9;/h3-6,8,16H,7H2,1-2H3,(H,17,18);1H. The normalized spacial score (nSPS) is 12.5. The first-order valence-electron chi connectivity index (χ1n) is 5.47. The molecule has 0 aliphatic rings. The molecule has 1 unspecified atom stereocenters. The van der Waals surface area contributed by atoms with Crippen LogP contribution < -0.4 is 10.6 Å². The van der Waals surface area contributed by atoms with E-state index in [1.54, 1.807) is 14.0 Å². The highest BCUT2D eigenvalue weighted by Crippen LogP contribution is 2.28. The molecule has 0 fully saturated rings. The van der Waals surface area contributed by atoms with Crippen molar-refractivity contribution < 1.29 is 18.0 Å². The van der Waals surface area contributed by atoms with Crippen LogP contribution in [-0.4, -0.2) is 25.5 Å². The smallest absolute Gasteiger partial charge is 0.349 e. The fourth-order valence-electron chi connectivity index (χ4n) is 1.25. The fourth-order valence-corrected chi connectivity index (χ4v) is 1.25. The summed E-state index contributed by atoms with van der Waals surface area (Å²) in [6.07, 6.45) is 0. The molecule has 0 aliphatic carbocycles. The summed E-state index contributed by atoms with van der Waals surface area (Å²) in [4.78, 5) is 11.4. The molecule has 1 aromatic rings. The summed E-state index contributed by atoms with van der Waals surface area (Å²) in [7, 11) is 1.66. The largest absolute Gasteiger partial charge is 0.349 e. The van der Waals surface area contributed by atoms with Crippen molar-refractivity contribution in [1.82, 2.24) is 10.6 Å². The minimum absolute atomic E-state index is 0. The topological polar surface area (TPSA) is 41.1 Å². The predicted octanol–water partition coefficient (Wildman–Crippen LogP) is 2.06. The molecule has 1 atom stereocenters. The van der Waals surface area contributed by atoms with E-state index in [-0.39, 0.29) is 25.0 Å². The maximum atomic E-state index is 13.7. The van der Waals surface area contributed by atoms with Crippen LogP contribution >= 0.6 is 12.4 Å². The molecule has 0 aromatic heterocycles. The summed E-state index contributed by atoms with van der Waals surface area (Å²) in [6, 6.07) is 3.48. The first kappa shape index (κ1) is 17.7. The Labute approximate surface area is 116 Å². The number of amides is 1. The molecule has 3 nitrogen and oxygen atoms in total. The van der Waals surface area contributed by atoms with Gasteiger partial charge in [0, 0.05) is 18.2 Å². The molecule has 0 saturated heterocycles. The average molecular weight is 297 g/mol. The van der Waals surface area contributed by atoms with Crippen molar-refractivity contribution in [2.75, 3.05) is 13.6 Å². The number of hydrogen-bond donors (Lipinski definition) is 2.